The van der Waals surface area contributed by atoms with Gasteiger partial charge in [0.25, 0.3) is 5.69 Å². The van der Waals surface area contributed by atoms with Crippen LogP contribution in [-0.4, -0.2) is 71.5 Å². The molecule has 1 saturated heterocycles. The lowest BCUT2D eigenvalue weighted by Crippen LogP contribution is -2.40. The quantitative estimate of drug-likeness (QED) is 0.324. The SMILES string of the molecule is COc1ccc(C=NNc2ccc(S(=O)(=O)N3CCOCC3)cc2[N+](=O)[O-])c(OC)c1OC. The largest absolute Gasteiger partial charge is 0.493 e. The minimum absolute atomic E-state index is 0.0246. The highest BCUT2D eigenvalue weighted by molar-refractivity contribution is 7.89. The van der Waals surface area contributed by atoms with Crippen molar-refractivity contribution >= 4 is 27.6 Å². The summed E-state index contributed by atoms with van der Waals surface area (Å²) in [6, 6.07) is 6.95. The number of nitro groups is 1. The summed E-state index contributed by atoms with van der Waals surface area (Å²) >= 11 is 0. The molecule has 0 spiro atoms. The van der Waals surface area contributed by atoms with E-state index in [4.69, 9.17) is 18.9 Å². The number of benzene rings is 2. The van der Waals surface area contributed by atoms with E-state index >= 15 is 0 Å². The molecule has 1 N–H and O–H groups in total. The van der Waals surface area contributed by atoms with Gasteiger partial charge in [-0.05, 0) is 24.3 Å². The Balaban J connectivity index is 1.87. The number of hydrogen-bond acceptors (Lipinski definition) is 10. The van der Waals surface area contributed by atoms with Crippen LogP contribution >= 0.6 is 0 Å². The summed E-state index contributed by atoms with van der Waals surface area (Å²) in [5.41, 5.74) is 2.71. The van der Waals surface area contributed by atoms with Crippen LogP contribution in [0.15, 0.2) is 40.3 Å². The Morgan fingerprint density at radius 3 is 2.39 bits per heavy atom. The van der Waals surface area contributed by atoms with Gasteiger partial charge in [-0.25, -0.2) is 8.42 Å². The highest BCUT2D eigenvalue weighted by atomic mass is 32.2. The molecule has 2 aromatic rings. The van der Waals surface area contributed by atoms with Crippen molar-refractivity contribution in [2.24, 2.45) is 5.10 Å². The normalized spacial score (nSPS) is 14.8. The standard InChI is InChI=1S/C20H24N4O8S/c1-29-18-7-4-14(19(30-2)20(18)31-3)13-21-22-16-6-5-15(12-17(16)24(25)26)33(27,28)23-8-10-32-11-9-23/h4-7,12-13,22H,8-11H2,1-3H3. The molecule has 1 heterocycles. The van der Waals surface area contributed by atoms with Crippen LogP contribution in [0.2, 0.25) is 0 Å². The number of hydrogen-bond donors (Lipinski definition) is 1. The third-order valence-electron chi connectivity index (χ3n) is 4.90. The lowest BCUT2D eigenvalue weighted by molar-refractivity contribution is -0.384. The van der Waals surface area contributed by atoms with E-state index in [9.17, 15) is 18.5 Å². The van der Waals surface area contributed by atoms with E-state index in [1.165, 1.54) is 44.0 Å². The monoisotopic (exact) mass is 480 g/mol. The van der Waals surface area contributed by atoms with Gasteiger partial charge in [0.1, 0.15) is 5.69 Å². The van der Waals surface area contributed by atoms with Gasteiger partial charge in [0.05, 0.1) is 50.6 Å². The minimum atomic E-state index is -3.88. The molecule has 0 saturated carbocycles. The van der Waals surface area contributed by atoms with Crippen molar-refractivity contribution < 1.29 is 32.3 Å². The average Bonchev–Trinajstić information content (AvgIpc) is 2.83. The van der Waals surface area contributed by atoms with E-state index in [2.05, 4.69) is 10.5 Å². The predicted octanol–water partition coefficient (Wildman–Crippen LogP) is 2.09. The van der Waals surface area contributed by atoms with Crippen LogP contribution in [-0.2, 0) is 14.8 Å². The molecule has 0 aromatic heterocycles. The van der Waals surface area contributed by atoms with E-state index in [0.717, 1.165) is 6.07 Å². The van der Waals surface area contributed by atoms with Crippen molar-refractivity contribution in [3.8, 4) is 17.2 Å². The van der Waals surface area contributed by atoms with Gasteiger partial charge in [0.2, 0.25) is 15.8 Å². The molecular weight excluding hydrogens is 456 g/mol. The Morgan fingerprint density at radius 1 is 1.09 bits per heavy atom. The molecule has 12 nitrogen and oxygen atoms in total. The second-order valence-corrected chi connectivity index (χ2v) is 8.68. The maximum atomic E-state index is 12.8. The first-order chi connectivity index (χ1) is 15.8. The Kier molecular flexibility index (Phi) is 7.68. The second kappa shape index (κ2) is 10.5. The molecular formula is C20H24N4O8S. The van der Waals surface area contributed by atoms with E-state index in [1.807, 2.05) is 0 Å². The summed E-state index contributed by atoms with van der Waals surface area (Å²) in [5.74, 6) is 1.20. The molecule has 0 unspecified atom stereocenters. The number of methoxy groups -OCH3 is 3. The summed E-state index contributed by atoms with van der Waals surface area (Å²) in [6.07, 6.45) is 1.39. The molecule has 33 heavy (non-hydrogen) atoms. The van der Waals surface area contributed by atoms with E-state index in [-0.39, 0.29) is 36.9 Å². The predicted molar refractivity (Wildman–Crippen MR) is 120 cm³/mol. The number of nitro benzene ring substituents is 1. The van der Waals surface area contributed by atoms with Gasteiger partial charge in [-0.15, -0.1) is 0 Å². The fraction of sp³-hybridized carbons (Fsp3) is 0.350. The highest BCUT2D eigenvalue weighted by Gasteiger charge is 2.29. The first kappa shape index (κ1) is 24.2. The van der Waals surface area contributed by atoms with Gasteiger partial charge in [0.15, 0.2) is 11.5 Å². The van der Waals surface area contributed by atoms with Crippen LogP contribution in [0.25, 0.3) is 0 Å². The van der Waals surface area contributed by atoms with E-state index in [1.54, 1.807) is 12.1 Å². The van der Waals surface area contributed by atoms with Crippen LogP contribution in [0.4, 0.5) is 11.4 Å². The number of ether oxygens (including phenoxy) is 4. The van der Waals surface area contributed by atoms with Crippen LogP contribution < -0.4 is 19.6 Å². The summed E-state index contributed by atoms with van der Waals surface area (Å²) in [6.45, 7) is 0.922. The Labute approximate surface area is 190 Å². The fourth-order valence-electron chi connectivity index (χ4n) is 3.25. The van der Waals surface area contributed by atoms with Crippen LogP contribution in [0.3, 0.4) is 0 Å². The molecule has 0 radical (unpaired) electrons. The number of rotatable bonds is 9. The second-order valence-electron chi connectivity index (χ2n) is 6.75. The summed E-state index contributed by atoms with van der Waals surface area (Å²) in [4.78, 5) is 10.8. The number of nitrogens with zero attached hydrogens (tertiary/aromatic N) is 3. The fourth-order valence-corrected chi connectivity index (χ4v) is 4.68. The Hall–Kier alpha value is -3.42. The van der Waals surface area contributed by atoms with Crippen LogP contribution in [0, 0.1) is 10.1 Å². The molecule has 0 atom stereocenters. The number of morpholine rings is 1. The molecule has 1 aliphatic heterocycles. The smallest absolute Gasteiger partial charge is 0.295 e. The molecule has 0 aliphatic carbocycles. The van der Waals surface area contributed by atoms with Crippen LogP contribution in [0.1, 0.15) is 5.56 Å². The molecule has 3 rings (SSSR count). The number of nitrogens with one attached hydrogen (secondary N) is 1. The van der Waals surface area contributed by atoms with Crippen molar-refractivity contribution in [1.82, 2.24) is 4.31 Å². The molecule has 2 aromatic carbocycles. The molecule has 13 heteroatoms. The maximum absolute atomic E-state index is 12.8. The van der Waals surface area contributed by atoms with Gasteiger partial charge >= 0.3 is 0 Å². The third kappa shape index (κ3) is 5.16. The average molecular weight is 480 g/mol. The minimum Gasteiger partial charge on any atom is -0.493 e. The van der Waals surface area contributed by atoms with Gasteiger partial charge in [-0.2, -0.15) is 9.41 Å². The number of anilines is 1. The summed E-state index contributed by atoms with van der Waals surface area (Å²) < 4.78 is 48.0. The zero-order valence-electron chi connectivity index (χ0n) is 18.3. The third-order valence-corrected chi connectivity index (χ3v) is 6.79. The van der Waals surface area contributed by atoms with Gasteiger partial charge in [-0.3, -0.25) is 15.5 Å². The van der Waals surface area contributed by atoms with Crippen molar-refractivity contribution in [3.05, 3.63) is 46.0 Å². The molecule has 1 aliphatic rings. The first-order valence-corrected chi connectivity index (χ1v) is 11.2. The zero-order chi connectivity index (χ0) is 24.0. The van der Waals surface area contributed by atoms with Crippen molar-refractivity contribution in [3.63, 3.8) is 0 Å². The van der Waals surface area contributed by atoms with Gasteiger partial charge in [-0.1, -0.05) is 0 Å². The molecule has 1 fully saturated rings. The topological polar surface area (TPSA) is 142 Å². The Bertz CT molecular complexity index is 1150. The van der Waals surface area contributed by atoms with Gasteiger partial charge < -0.3 is 18.9 Å². The van der Waals surface area contributed by atoms with Gasteiger partial charge in [0, 0.05) is 24.7 Å². The molecule has 0 bridgehead atoms. The molecule has 0 amide bonds. The van der Waals surface area contributed by atoms with E-state index in [0.29, 0.717) is 22.8 Å². The lowest BCUT2D eigenvalue weighted by atomic mass is 10.2. The van der Waals surface area contributed by atoms with Crippen LogP contribution in [0.5, 0.6) is 17.2 Å². The number of sulfonamides is 1. The first-order valence-electron chi connectivity index (χ1n) is 9.77. The highest BCUT2D eigenvalue weighted by Crippen LogP contribution is 2.39. The molecule has 178 valence electrons. The van der Waals surface area contributed by atoms with Crippen molar-refractivity contribution in [2.45, 2.75) is 4.90 Å². The zero-order valence-corrected chi connectivity index (χ0v) is 19.1. The lowest BCUT2D eigenvalue weighted by Gasteiger charge is -2.26. The van der Waals surface area contributed by atoms with Crippen molar-refractivity contribution in [1.29, 1.82) is 0 Å². The Morgan fingerprint density at radius 2 is 1.79 bits per heavy atom. The number of hydrazone groups is 1. The summed E-state index contributed by atoms with van der Waals surface area (Å²) in [5, 5.41) is 15.6. The summed E-state index contributed by atoms with van der Waals surface area (Å²) in [7, 11) is 0.540. The van der Waals surface area contributed by atoms with E-state index < -0.39 is 20.6 Å². The van der Waals surface area contributed by atoms with Crippen molar-refractivity contribution in [2.75, 3.05) is 53.1 Å². The maximum Gasteiger partial charge on any atom is 0.295 e.